The lowest BCUT2D eigenvalue weighted by atomic mass is 9.98. The van der Waals surface area contributed by atoms with Gasteiger partial charge in [-0.1, -0.05) is 127 Å². The Bertz CT molecular complexity index is 3440. The Hall–Kier alpha value is -7.20. The van der Waals surface area contributed by atoms with E-state index in [1.54, 1.807) is 0 Å². The minimum Gasteiger partial charge on any atom is -0.309 e. The van der Waals surface area contributed by atoms with Gasteiger partial charge >= 0.3 is 0 Å². The van der Waals surface area contributed by atoms with Gasteiger partial charge in [0.15, 0.2) is 0 Å². The topological polar surface area (TPSA) is 9.86 Å². The monoisotopic (exact) mass is 742 g/mol. The first kappa shape index (κ1) is 32.1. The van der Waals surface area contributed by atoms with Crippen LogP contribution < -0.4 is 0 Å². The molecule has 0 aliphatic heterocycles. The minimum absolute atomic E-state index is 1.15. The maximum Gasteiger partial charge on any atom is 0.0555 e. The maximum absolute atomic E-state index is 2.49. The van der Waals surface area contributed by atoms with Crippen LogP contribution in [-0.2, 0) is 0 Å². The molecule has 0 N–H and O–H groups in total. The first-order valence-electron chi connectivity index (χ1n) is 19.5. The van der Waals surface area contributed by atoms with Crippen LogP contribution in [0, 0.1) is 0 Å². The molecule has 3 heteroatoms. The Morgan fingerprint density at radius 3 is 1.42 bits per heavy atom. The third kappa shape index (κ3) is 5.10. The number of aromatic nitrogens is 2. The summed E-state index contributed by atoms with van der Waals surface area (Å²) < 4.78 is 7.50. The molecule has 0 unspecified atom stereocenters. The predicted molar refractivity (Wildman–Crippen MR) is 244 cm³/mol. The summed E-state index contributed by atoms with van der Waals surface area (Å²) in [5.41, 5.74) is 14.4. The van der Waals surface area contributed by atoms with Crippen LogP contribution in [-0.4, -0.2) is 9.13 Å². The lowest BCUT2D eigenvalue weighted by Gasteiger charge is -2.14. The predicted octanol–water partition coefficient (Wildman–Crippen LogP) is 15.2. The van der Waals surface area contributed by atoms with Crippen molar-refractivity contribution in [3.05, 3.63) is 206 Å². The second-order valence-electron chi connectivity index (χ2n) is 15.0. The van der Waals surface area contributed by atoms with Crippen molar-refractivity contribution in [3.63, 3.8) is 0 Å². The standard InChI is InChI=1S/C54H34N2S/c1-4-14-35(15-5-1)39-28-40(36-16-6-2-7-17-36)30-42(29-39)56-51-27-25-38(32-46(51)47-33-48-44-21-11-13-23-53(44)57-54(48)34-52(47)56)37-24-26-50-45(31-37)43-20-10-12-22-49(43)55(50)41-18-8-3-9-19-41/h1-34H. The van der Waals surface area contributed by atoms with Crippen LogP contribution in [0.1, 0.15) is 0 Å². The van der Waals surface area contributed by atoms with Crippen molar-refractivity contribution < 1.29 is 0 Å². The highest BCUT2D eigenvalue weighted by molar-refractivity contribution is 7.25. The van der Waals surface area contributed by atoms with Gasteiger partial charge in [-0.15, -0.1) is 11.3 Å². The zero-order valence-corrected chi connectivity index (χ0v) is 31.7. The van der Waals surface area contributed by atoms with Crippen molar-refractivity contribution in [1.82, 2.24) is 9.13 Å². The van der Waals surface area contributed by atoms with Crippen LogP contribution in [0.25, 0.3) is 109 Å². The lowest BCUT2D eigenvalue weighted by Crippen LogP contribution is -1.96. The fraction of sp³-hybridized carbons (Fsp3) is 0. The highest BCUT2D eigenvalue weighted by Gasteiger charge is 2.19. The van der Waals surface area contributed by atoms with Gasteiger partial charge in [0.25, 0.3) is 0 Å². The Morgan fingerprint density at radius 1 is 0.246 bits per heavy atom. The first-order valence-corrected chi connectivity index (χ1v) is 20.3. The van der Waals surface area contributed by atoms with Crippen molar-refractivity contribution in [2.45, 2.75) is 0 Å². The average molecular weight is 743 g/mol. The molecule has 12 aromatic rings. The summed E-state index contributed by atoms with van der Waals surface area (Å²) in [4.78, 5) is 0. The van der Waals surface area contributed by atoms with E-state index in [-0.39, 0.29) is 0 Å². The fourth-order valence-electron chi connectivity index (χ4n) is 9.04. The minimum atomic E-state index is 1.15. The number of nitrogens with zero attached hydrogens (tertiary/aromatic N) is 2. The van der Waals surface area contributed by atoms with E-state index in [0.29, 0.717) is 0 Å². The fourth-order valence-corrected chi connectivity index (χ4v) is 10.2. The second-order valence-corrected chi connectivity index (χ2v) is 16.0. The number of thiophene rings is 1. The van der Waals surface area contributed by atoms with E-state index in [0.717, 1.165) is 5.69 Å². The van der Waals surface area contributed by atoms with E-state index in [9.17, 15) is 0 Å². The molecule has 0 radical (unpaired) electrons. The molecule has 0 atom stereocenters. The molecule has 0 aliphatic carbocycles. The number of fused-ring (bicyclic) bond motifs is 9. The zero-order valence-electron chi connectivity index (χ0n) is 30.9. The Kier molecular flexibility index (Phi) is 7.13. The Balaban J connectivity index is 1.12. The van der Waals surface area contributed by atoms with Crippen LogP contribution in [0.3, 0.4) is 0 Å². The van der Waals surface area contributed by atoms with E-state index in [4.69, 9.17) is 0 Å². The van der Waals surface area contributed by atoms with Crippen LogP contribution in [0.15, 0.2) is 206 Å². The van der Waals surface area contributed by atoms with Gasteiger partial charge in [-0.3, -0.25) is 0 Å². The Labute approximate surface area is 333 Å². The smallest absolute Gasteiger partial charge is 0.0555 e. The van der Waals surface area contributed by atoms with Crippen molar-refractivity contribution >= 4 is 75.1 Å². The molecule has 2 nitrogen and oxygen atoms in total. The summed E-state index contributed by atoms with van der Waals surface area (Å²) in [5, 5.41) is 7.65. The summed E-state index contributed by atoms with van der Waals surface area (Å²) in [7, 11) is 0. The number of para-hydroxylation sites is 2. The van der Waals surface area contributed by atoms with Crippen LogP contribution in [0.2, 0.25) is 0 Å². The molecule has 0 aliphatic rings. The lowest BCUT2D eigenvalue weighted by molar-refractivity contribution is 1.18. The van der Waals surface area contributed by atoms with Crippen LogP contribution in [0.4, 0.5) is 0 Å². The third-order valence-electron chi connectivity index (χ3n) is 11.7. The van der Waals surface area contributed by atoms with Crippen molar-refractivity contribution in [3.8, 4) is 44.8 Å². The van der Waals surface area contributed by atoms with Crippen molar-refractivity contribution in [2.24, 2.45) is 0 Å². The number of hydrogen-bond acceptors (Lipinski definition) is 1. The highest BCUT2D eigenvalue weighted by atomic mass is 32.1. The van der Waals surface area contributed by atoms with E-state index in [1.165, 1.54) is 103 Å². The summed E-state index contributed by atoms with van der Waals surface area (Å²) in [6.07, 6.45) is 0. The van der Waals surface area contributed by atoms with Gasteiger partial charge in [0, 0.05) is 53.1 Å². The third-order valence-corrected chi connectivity index (χ3v) is 12.8. The molecule has 0 fully saturated rings. The van der Waals surface area contributed by atoms with Gasteiger partial charge in [0.05, 0.1) is 22.1 Å². The molecule has 3 heterocycles. The number of benzene rings is 9. The van der Waals surface area contributed by atoms with Gasteiger partial charge < -0.3 is 9.13 Å². The van der Waals surface area contributed by atoms with E-state index in [1.807, 2.05) is 11.3 Å². The molecule has 0 amide bonds. The molecule has 0 spiro atoms. The highest BCUT2D eigenvalue weighted by Crippen LogP contribution is 2.43. The second kappa shape index (κ2) is 12.7. The largest absolute Gasteiger partial charge is 0.309 e. The molecule has 0 saturated carbocycles. The summed E-state index contributed by atoms with van der Waals surface area (Å²) in [5.74, 6) is 0. The van der Waals surface area contributed by atoms with E-state index < -0.39 is 0 Å². The van der Waals surface area contributed by atoms with Crippen molar-refractivity contribution in [2.75, 3.05) is 0 Å². The van der Waals surface area contributed by atoms with Crippen molar-refractivity contribution in [1.29, 1.82) is 0 Å². The molecule has 266 valence electrons. The average Bonchev–Trinajstić information content (AvgIpc) is 3.93. The molecular formula is C54H34N2S. The van der Waals surface area contributed by atoms with Gasteiger partial charge in [0.2, 0.25) is 0 Å². The van der Waals surface area contributed by atoms with E-state index >= 15 is 0 Å². The van der Waals surface area contributed by atoms with Crippen LogP contribution in [0.5, 0.6) is 0 Å². The van der Waals surface area contributed by atoms with Gasteiger partial charge in [-0.25, -0.2) is 0 Å². The SMILES string of the molecule is c1ccc(-c2cc(-c3ccccc3)cc(-n3c4ccc(-c5ccc6c(c5)c5ccccc5n6-c5ccccc5)cc4c4cc5c(cc43)sc3ccccc35)c2)cc1. The van der Waals surface area contributed by atoms with Crippen LogP contribution >= 0.6 is 11.3 Å². The number of rotatable bonds is 5. The maximum atomic E-state index is 2.49. The number of hydrogen-bond donors (Lipinski definition) is 0. The molecular weight excluding hydrogens is 709 g/mol. The Morgan fingerprint density at radius 2 is 0.754 bits per heavy atom. The van der Waals surface area contributed by atoms with Gasteiger partial charge in [-0.2, -0.15) is 0 Å². The quantitative estimate of drug-likeness (QED) is 0.166. The molecule has 9 aromatic carbocycles. The molecule has 0 saturated heterocycles. The zero-order chi connectivity index (χ0) is 37.5. The molecule has 3 aromatic heterocycles. The van der Waals surface area contributed by atoms with Gasteiger partial charge in [-0.05, 0) is 112 Å². The van der Waals surface area contributed by atoms with Gasteiger partial charge in [0.1, 0.15) is 0 Å². The summed E-state index contributed by atoms with van der Waals surface area (Å²) in [6, 6.07) is 75.8. The normalized spacial score (nSPS) is 11.9. The summed E-state index contributed by atoms with van der Waals surface area (Å²) >= 11 is 1.88. The first-order chi connectivity index (χ1) is 28.2. The van der Waals surface area contributed by atoms with E-state index in [2.05, 4.69) is 215 Å². The summed E-state index contributed by atoms with van der Waals surface area (Å²) in [6.45, 7) is 0. The molecule has 0 bridgehead atoms. The molecule has 12 rings (SSSR count). The molecule has 57 heavy (non-hydrogen) atoms.